The Bertz CT molecular complexity index is 466. The Kier molecular flexibility index (Phi) is 4.36. The number of rotatable bonds is 3. The van der Waals surface area contributed by atoms with Gasteiger partial charge in [-0.05, 0) is 32.0 Å². The largest absolute Gasteiger partial charge is 0.507 e. The summed E-state index contributed by atoms with van der Waals surface area (Å²) in [5.41, 5.74) is 0.151. The Balaban J connectivity index is 3.06. The van der Waals surface area contributed by atoms with Gasteiger partial charge in [0.15, 0.2) is 0 Å². The second-order valence-electron chi connectivity index (χ2n) is 3.85. The van der Waals surface area contributed by atoms with Crippen LogP contribution in [0.4, 0.5) is 0 Å². The zero-order chi connectivity index (χ0) is 13.0. The number of phenolic OH excluding ortho intramolecular Hbond substituents is 1. The summed E-state index contributed by atoms with van der Waals surface area (Å²) in [4.78, 5) is 13.5. The van der Waals surface area contributed by atoms with Crippen LogP contribution in [0.2, 0.25) is 5.02 Å². The van der Waals surface area contributed by atoms with E-state index in [2.05, 4.69) is 0 Å². The third kappa shape index (κ3) is 3.11. The quantitative estimate of drug-likeness (QED) is 0.841. The maximum atomic E-state index is 12.1. The second kappa shape index (κ2) is 5.55. The molecule has 90 valence electrons. The van der Waals surface area contributed by atoms with Crippen LogP contribution in [0.3, 0.4) is 0 Å². The molecule has 0 radical (unpaired) electrons. The predicted molar refractivity (Wildman–Crippen MR) is 64.9 cm³/mol. The number of hydrogen-bond acceptors (Lipinski definition) is 3. The highest BCUT2D eigenvalue weighted by Gasteiger charge is 2.21. The highest BCUT2D eigenvalue weighted by molar-refractivity contribution is 6.30. The number of carbonyl (C=O) groups is 1. The van der Waals surface area contributed by atoms with Crippen molar-refractivity contribution in [3.05, 3.63) is 28.8 Å². The Morgan fingerprint density at radius 2 is 2.24 bits per heavy atom. The molecule has 17 heavy (non-hydrogen) atoms. The predicted octanol–water partition coefficient (Wildman–Crippen LogP) is 2.42. The van der Waals surface area contributed by atoms with Crippen LogP contribution in [-0.2, 0) is 0 Å². The van der Waals surface area contributed by atoms with Crippen LogP contribution in [-0.4, -0.2) is 28.5 Å². The Hall–Kier alpha value is -1.73. The summed E-state index contributed by atoms with van der Waals surface area (Å²) < 4.78 is 0. The molecule has 0 unspecified atom stereocenters. The first kappa shape index (κ1) is 13.3. The lowest BCUT2D eigenvalue weighted by molar-refractivity contribution is 0.0728. The SMILES string of the molecule is CC(C)N(CC#N)C(=O)c1ccc(Cl)cc1O. The van der Waals surface area contributed by atoms with Crippen molar-refractivity contribution in [2.75, 3.05) is 6.54 Å². The van der Waals surface area contributed by atoms with Gasteiger partial charge in [-0.2, -0.15) is 5.26 Å². The van der Waals surface area contributed by atoms with E-state index in [0.717, 1.165) is 0 Å². The van der Waals surface area contributed by atoms with E-state index in [9.17, 15) is 9.90 Å². The molecular weight excluding hydrogens is 240 g/mol. The molecule has 5 heteroatoms. The first-order valence-corrected chi connectivity index (χ1v) is 5.51. The molecule has 4 nitrogen and oxygen atoms in total. The van der Waals surface area contributed by atoms with Gasteiger partial charge in [-0.25, -0.2) is 0 Å². The van der Waals surface area contributed by atoms with Crippen LogP contribution in [0, 0.1) is 11.3 Å². The lowest BCUT2D eigenvalue weighted by Crippen LogP contribution is -2.37. The Morgan fingerprint density at radius 3 is 2.71 bits per heavy atom. The van der Waals surface area contributed by atoms with Crippen molar-refractivity contribution >= 4 is 17.5 Å². The zero-order valence-electron chi connectivity index (χ0n) is 9.64. The number of benzene rings is 1. The molecular formula is C12H13ClN2O2. The molecule has 1 amide bonds. The number of amides is 1. The lowest BCUT2D eigenvalue weighted by atomic mass is 10.1. The van der Waals surface area contributed by atoms with Crippen LogP contribution in [0.15, 0.2) is 18.2 Å². The Labute approximate surface area is 105 Å². The monoisotopic (exact) mass is 252 g/mol. The minimum Gasteiger partial charge on any atom is -0.507 e. The van der Waals surface area contributed by atoms with Crippen molar-refractivity contribution in [3.8, 4) is 11.8 Å². The zero-order valence-corrected chi connectivity index (χ0v) is 10.4. The van der Waals surface area contributed by atoms with Crippen molar-refractivity contribution in [3.63, 3.8) is 0 Å². The van der Waals surface area contributed by atoms with E-state index in [1.54, 1.807) is 0 Å². The lowest BCUT2D eigenvalue weighted by Gasteiger charge is -2.24. The fourth-order valence-corrected chi connectivity index (χ4v) is 1.57. The van der Waals surface area contributed by atoms with Crippen molar-refractivity contribution in [2.45, 2.75) is 19.9 Å². The molecule has 1 aromatic carbocycles. The van der Waals surface area contributed by atoms with Gasteiger partial charge in [0.05, 0.1) is 11.6 Å². The van der Waals surface area contributed by atoms with Gasteiger partial charge in [0.2, 0.25) is 0 Å². The average molecular weight is 253 g/mol. The molecule has 0 bridgehead atoms. The fourth-order valence-electron chi connectivity index (χ4n) is 1.41. The third-order valence-electron chi connectivity index (χ3n) is 2.32. The van der Waals surface area contributed by atoms with E-state index in [-0.39, 0.29) is 29.8 Å². The van der Waals surface area contributed by atoms with E-state index < -0.39 is 0 Å². The van der Waals surface area contributed by atoms with Gasteiger partial charge >= 0.3 is 0 Å². The highest BCUT2D eigenvalue weighted by Crippen LogP contribution is 2.23. The first-order chi connectivity index (χ1) is 7.97. The Morgan fingerprint density at radius 1 is 1.59 bits per heavy atom. The highest BCUT2D eigenvalue weighted by atomic mass is 35.5. The maximum Gasteiger partial charge on any atom is 0.258 e. The van der Waals surface area contributed by atoms with Gasteiger partial charge in [-0.3, -0.25) is 4.79 Å². The summed E-state index contributed by atoms with van der Waals surface area (Å²) in [6.07, 6.45) is 0. The molecule has 0 aliphatic carbocycles. The summed E-state index contributed by atoms with van der Waals surface area (Å²) in [5, 5.41) is 18.7. The molecule has 0 saturated heterocycles. The van der Waals surface area contributed by atoms with Gasteiger partial charge in [-0.1, -0.05) is 11.6 Å². The van der Waals surface area contributed by atoms with Gasteiger partial charge < -0.3 is 10.0 Å². The standard InChI is InChI=1S/C12H13ClN2O2/c1-8(2)15(6-5-14)12(17)10-4-3-9(13)7-11(10)16/h3-4,7-8,16H,6H2,1-2H3. The van der Waals surface area contributed by atoms with Gasteiger partial charge in [0.1, 0.15) is 12.3 Å². The van der Waals surface area contributed by atoms with Crippen molar-refractivity contribution < 1.29 is 9.90 Å². The molecule has 0 heterocycles. The number of halogens is 1. The topological polar surface area (TPSA) is 64.3 Å². The van der Waals surface area contributed by atoms with Crippen LogP contribution in [0.5, 0.6) is 5.75 Å². The van der Waals surface area contributed by atoms with Crippen LogP contribution in [0.25, 0.3) is 0 Å². The van der Waals surface area contributed by atoms with E-state index >= 15 is 0 Å². The minimum absolute atomic E-state index is 0.0153. The summed E-state index contributed by atoms with van der Waals surface area (Å²) in [6, 6.07) is 6.10. The summed E-state index contributed by atoms with van der Waals surface area (Å²) in [6.45, 7) is 3.60. The van der Waals surface area contributed by atoms with Crippen molar-refractivity contribution in [1.82, 2.24) is 4.90 Å². The van der Waals surface area contributed by atoms with Crippen LogP contribution >= 0.6 is 11.6 Å². The smallest absolute Gasteiger partial charge is 0.258 e. The van der Waals surface area contributed by atoms with E-state index in [1.165, 1.54) is 23.1 Å². The number of aromatic hydroxyl groups is 1. The number of nitrogens with zero attached hydrogens (tertiary/aromatic N) is 2. The maximum absolute atomic E-state index is 12.1. The summed E-state index contributed by atoms with van der Waals surface area (Å²) in [7, 11) is 0. The molecule has 0 aliphatic heterocycles. The first-order valence-electron chi connectivity index (χ1n) is 5.13. The molecule has 0 aromatic heterocycles. The van der Waals surface area contributed by atoms with Gasteiger partial charge in [0, 0.05) is 11.1 Å². The van der Waals surface area contributed by atoms with Gasteiger partial charge in [0.25, 0.3) is 5.91 Å². The minimum atomic E-state index is -0.379. The number of phenols is 1. The molecule has 1 N–H and O–H groups in total. The molecule has 0 aliphatic rings. The molecule has 1 rings (SSSR count). The molecule has 0 atom stereocenters. The molecule has 0 fully saturated rings. The average Bonchev–Trinajstić information content (AvgIpc) is 2.24. The van der Waals surface area contributed by atoms with Crippen LogP contribution in [0.1, 0.15) is 24.2 Å². The second-order valence-corrected chi connectivity index (χ2v) is 4.28. The van der Waals surface area contributed by atoms with E-state index in [0.29, 0.717) is 5.02 Å². The van der Waals surface area contributed by atoms with Crippen molar-refractivity contribution in [2.24, 2.45) is 0 Å². The van der Waals surface area contributed by atoms with E-state index in [1.807, 2.05) is 19.9 Å². The number of hydrogen-bond donors (Lipinski definition) is 1. The van der Waals surface area contributed by atoms with E-state index in [4.69, 9.17) is 16.9 Å². The molecule has 1 aromatic rings. The fraction of sp³-hybridized carbons (Fsp3) is 0.333. The summed E-state index contributed by atoms with van der Waals surface area (Å²) >= 11 is 5.69. The summed E-state index contributed by atoms with van der Waals surface area (Å²) in [5.74, 6) is -0.554. The van der Waals surface area contributed by atoms with Gasteiger partial charge in [-0.15, -0.1) is 0 Å². The molecule has 0 saturated carbocycles. The molecule has 0 spiro atoms. The van der Waals surface area contributed by atoms with Crippen LogP contribution < -0.4 is 0 Å². The number of nitriles is 1. The normalized spacial score (nSPS) is 10.1. The van der Waals surface area contributed by atoms with Crippen molar-refractivity contribution in [1.29, 1.82) is 5.26 Å². The number of carbonyl (C=O) groups excluding carboxylic acids is 1. The third-order valence-corrected chi connectivity index (χ3v) is 2.55.